The van der Waals surface area contributed by atoms with Gasteiger partial charge >= 0.3 is 5.69 Å². The molecular weight excluding hydrogens is 258 g/mol. The van der Waals surface area contributed by atoms with E-state index in [4.69, 9.17) is 0 Å². The number of hydrogen-bond acceptors (Lipinski definition) is 3. The van der Waals surface area contributed by atoms with Crippen LogP contribution in [0.15, 0.2) is 27.8 Å². The Labute approximate surface area is 114 Å². The minimum absolute atomic E-state index is 0.0501. The number of benzene rings is 1. The second kappa shape index (κ2) is 4.63. The molecule has 0 bridgehead atoms. The summed E-state index contributed by atoms with van der Waals surface area (Å²) in [6.07, 6.45) is 2.05. The van der Waals surface area contributed by atoms with Crippen molar-refractivity contribution in [1.29, 1.82) is 0 Å². The first-order valence-corrected chi connectivity index (χ1v) is 6.60. The number of amides is 1. The zero-order valence-corrected chi connectivity index (χ0v) is 11.2. The van der Waals surface area contributed by atoms with E-state index in [-0.39, 0.29) is 11.5 Å². The van der Waals surface area contributed by atoms with Gasteiger partial charge in [0.1, 0.15) is 0 Å². The maximum absolute atomic E-state index is 12.3. The fraction of sp³-hybridized carbons (Fsp3) is 0.357. The van der Waals surface area contributed by atoms with Gasteiger partial charge in [-0.25, -0.2) is 4.79 Å². The molecule has 104 valence electrons. The number of nitrogens with one attached hydrogen (secondary N) is 1. The average molecular weight is 273 g/mol. The molecule has 6 nitrogen and oxygen atoms in total. The standard InChI is InChI=1S/C14H15N3O3/c1-16-13(19)10-5-4-9(8-11(10)15-14(16)20)12(18)17-6-2-3-7-17/h4-5,8H,2-3,6-7H2,1H3,(H,15,20). The van der Waals surface area contributed by atoms with Crippen LogP contribution in [0.5, 0.6) is 0 Å². The zero-order valence-electron chi connectivity index (χ0n) is 11.2. The third kappa shape index (κ3) is 1.93. The molecule has 20 heavy (non-hydrogen) atoms. The summed E-state index contributed by atoms with van der Waals surface area (Å²) in [6, 6.07) is 4.82. The van der Waals surface area contributed by atoms with E-state index < -0.39 is 5.69 Å². The molecule has 1 saturated heterocycles. The minimum Gasteiger partial charge on any atom is -0.339 e. The molecule has 1 N–H and O–H groups in total. The van der Waals surface area contributed by atoms with Crippen molar-refractivity contribution in [3.05, 3.63) is 44.6 Å². The third-order valence-corrected chi connectivity index (χ3v) is 3.74. The van der Waals surface area contributed by atoms with Gasteiger partial charge in [0.2, 0.25) is 0 Å². The molecule has 0 spiro atoms. The first-order chi connectivity index (χ1) is 9.58. The Morgan fingerprint density at radius 3 is 2.60 bits per heavy atom. The number of carbonyl (C=O) groups is 1. The van der Waals surface area contributed by atoms with E-state index in [0.717, 1.165) is 30.5 Å². The van der Waals surface area contributed by atoms with Gasteiger partial charge in [0.25, 0.3) is 11.5 Å². The van der Waals surface area contributed by atoms with Gasteiger partial charge in [-0.3, -0.25) is 14.2 Å². The van der Waals surface area contributed by atoms with Crippen molar-refractivity contribution in [2.24, 2.45) is 7.05 Å². The van der Waals surface area contributed by atoms with Crippen LogP contribution in [-0.2, 0) is 7.05 Å². The molecule has 0 aliphatic carbocycles. The lowest BCUT2D eigenvalue weighted by molar-refractivity contribution is 0.0793. The van der Waals surface area contributed by atoms with E-state index in [1.165, 1.54) is 7.05 Å². The molecule has 1 fully saturated rings. The lowest BCUT2D eigenvalue weighted by atomic mass is 10.1. The van der Waals surface area contributed by atoms with E-state index in [1.54, 1.807) is 23.1 Å². The smallest absolute Gasteiger partial charge is 0.328 e. The van der Waals surface area contributed by atoms with Gasteiger partial charge in [0.15, 0.2) is 0 Å². The maximum Gasteiger partial charge on any atom is 0.328 e. The number of likely N-dealkylation sites (tertiary alicyclic amines) is 1. The highest BCUT2D eigenvalue weighted by Gasteiger charge is 2.20. The van der Waals surface area contributed by atoms with Crippen molar-refractivity contribution in [3.8, 4) is 0 Å². The Balaban J connectivity index is 2.11. The number of hydrogen-bond donors (Lipinski definition) is 1. The topological polar surface area (TPSA) is 75.2 Å². The quantitative estimate of drug-likeness (QED) is 0.820. The van der Waals surface area contributed by atoms with Crippen LogP contribution in [0.3, 0.4) is 0 Å². The van der Waals surface area contributed by atoms with Crippen LogP contribution in [0, 0.1) is 0 Å². The maximum atomic E-state index is 12.3. The highest BCUT2D eigenvalue weighted by Crippen LogP contribution is 2.15. The number of rotatable bonds is 1. The van der Waals surface area contributed by atoms with Crippen LogP contribution >= 0.6 is 0 Å². The number of H-pyrrole nitrogens is 1. The van der Waals surface area contributed by atoms with Gasteiger partial charge in [-0.1, -0.05) is 0 Å². The Bertz CT molecular complexity index is 797. The summed E-state index contributed by atoms with van der Waals surface area (Å²) in [5.74, 6) is -0.0501. The Morgan fingerprint density at radius 1 is 1.20 bits per heavy atom. The lowest BCUT2D eigenvalue weighted by Gasteiger charge is -2.15. The second-order valence-electron chi connectivity index (χ2n) is 5.05. The fourth-order valence-electron chi connectivity index (χ4n) is 2.54. The van der Waals surface area contributed by atoms with Crippen molar-refractivity contribution < 1.29 is 4.79 Å². The summed E-state index contributed by atoms with van der Waals surface area (Å²) in [4.78, 5) is 40.2. The summed E-state index contributed by atoms with van der Waals surface area (Å²) >= 11 is 0. The van der Waals surface area contributed by atoms with Crippen LogP contribution in [0.1, 0.15) is 23.2 Å². The zero-order chi connectivity index (χ0) is 14.3. The third-order valence-electron chi connectivity index (χ3n) is 3.74. The molecule has 1 amide bonds. The van der Waals surface area contributed by atoms with Gasteiger partial charge in [-0.15, -0.1) is 0 Å². The number of aromatic nitrogens is 2. The fourth-order valence-corrected chi connectivity index (χ4v) is 2.54. The van der Waals surface area contributed by atoms with Gasteiger partial charge in [0, 0.05) is 25.7 Å². The van der Waals surface area contributed by atoms with Crippen molar-refractivity contribution in [1.82, 2.24) is 14.5 Å². The van der Waals surface area contributed by atoms with Gasteiger partial charge in [0.05, 0.1) is 10.9 Å². The molecule has 1 aromatic heterocycles. The van der Waals surface area contributed by atoms with Crippen molar-refractivity contribution in [3.63, 3.8) is 0 Å². The van der Waals surface area contributed by atoms with Crippen LogP contribution in [0.25, 0.3) is 10.9 Å². The van der Waals surface area contributed by atoms with Gasteiger partial charge in [-0.2, -0.15) is 0 Å². The molecule has 0 atom stereocenters. The Hall–Kier alpha value is -2.37. The van der Waals surface area contributed by atoms with Crippen molar-refractivity contribution >= 4 is 16.8 Å². The second-order valence-corrected chi connectivity index (χ2v) is 5.05. The minimum atomic E-state index is -0.478. The van der Waals surface area contributed by atoms with E-state index >= 15 is 0 Å². The Kier molecular flexibility index (Phi) is 2.93. The van der Waals surface area contributed by atoms with Crippen molar-refractivity contribution in [2.75, 3.05) is 13.1 Å². The van der Waals surface area contributed by atoms with Gasteiger partial charge < -0.3 is 9.88 Å². The largest absolute Gasteiger partial charge is 0.339 e. The van der Waals surface area contributed by atoms with E-state index in [1.807, 2.05) is 0 Å². The van der Waals surface area contributed by atoms with Crippen LogP contribution < -0.4 is 11.2 Å². The summed E-state index contributed by atoms with van der Waals surface area (Å²) in [7, 11) is 1.42. The van der Waals surface area contributed by atoms with E-state index in [0.29, 0.717) is 16.5 Å². The highest BCUT2D eigenvalue weighted by atomic mass is 16.2. The van der Waals surface area contributed by atoms with Crippen molar-refractivity contribution in [2.45, 2.75) is 12.8 Å². The molecular formula is C14H15N3O3. The molecule has 3 rings (SSSR count). The first kappa shape index (κ1) is 12.7. The number of fused-ring (bicyclic) bond motifs is 1. The SMILES string of the molecule is Cn1c(=O)[nH]c2cc(C(=O)N3CCCC3)ccc2c1=O. The summed E-state index contributed by atoms with van der Waals surface area (Å²) in [5.41, 5.74) is 0.0728. The van der Waals surface area contributed by atoms with Crippen LogP contribution in [-0.4, -0.2) is 33.4 Å². The molecule has 1 aromatic carbocycles. The van der Waals surface area contributed by atoms with Crippen LogP contribution in [0.2, 0.25) is 0 Å². The monoisotopic (exact) mass is 273 g/mol. The molecule has 1 aliphatic heterocycles. The van der Waals surface area contributed by atoms with Crippen LogP contribution in [0.4, 0.5) is 0 Å². The molecule has 6 heteroatoms. The number of carbonyl (C=O) groups excluding carboxylic acids is 1. The first-order valence-electron chi connectivity index (χ1n) is 6.60. The molecule has 0 saturated carbocycles. The van der Waals surface area contributed by atoms with E-state index in [2.05, 4.69) is 4.98 Å². The summed E-state index contributed by atoms with van der Waals surface area (Å²) < 4.78 is 1.02. The van der Waals surface area contributed by atoms with Gasteiger partial charge in [-0.05, 0) is 31.0 Å². The Morgan fingerprint density at radius 2 is 1.90 bits per heavy atom. The predicted molar refractivity (Wildman–Crippen MR) is 74.9 cm³/mol. The summed E-state index contributed by atoms with van der Waals surface area (Å²) in [6.45, 7) is 1.54. The molecule has 2 heterocycles. The molecule has 2 aromatic rings. The molecule has 0 radical (unpaired) electrons. The number of nitrogens with zero attached hydrogens (tertiary/aromatic N) is 2. The highest BCUT2D eigenvalue weighted by molar-refractivity contribution is 5.97. The molecule has 0 unspecified atom stereocenters. The molecule has 1 aliphatic rings. The predicted octanol–water partition coefficient (Wildman–Crippen LogP) is 0.463. The number of aromatic amines is 1. The normalized spacial score (nSPS) is 14.9. The van der Waals surface area contributed by atoms with E-state index in [9.17, 15) is 14.4 Å². The lowest BCUT2D eigenvalue weighted by Crippen LogP contribution is -2.32. The average Bonchev–Trinajstić information content (AvgIpc) is 2.97. The summed E-state index contributed by atoms with van der Waals surface area (Å²) in [5, 5.41) is 0.407.